The lowest BCUT2D eigenvalue weighted by Crippen LogP contribution is -2.34. The van der Waals surface area contributed by atoms with Crippen LogP contribution in [0.15, 0.2) is 0 Å². The number of hydrogen-bond donors (Lipinski definition) is 0. The quantitative estimate of drug-likeness (QED) is 0.535. The second-order valence-corrected chi connectivity index (χ2v) is 5.20. The molecule has 0 spiro atoms. The molecule has 4 nitrogen and oxygen atoms in total. The van der Waals surface area contributed by atoms with E-state index in [4.69, 9.17) is 4.74 Å². The maximum absolute atomic E-state index is 11.7. The smallest absolute Gasteiger partial charge is 0.321 e. The first-order valence-corrected chi connectivity index (χ1v) is 5.98. The van der Waals surface area contributed by atoms with Crippen molar-refractivity contribution >= 4 is 11.9 Å². The third-order valence-corrected chi connectivity index (χ3v) is 4.12. The third kappa shape index (κ3) is 1.35. The summed E-state index contributed by atoms with van der Waals surface area (Å²) in [5, 5.41) is 0. The van der Waals surface area contributed by atoms with Crippen LogP contribution >= 0.6 is 0 Å². The van der Waals surface area contributed by atoms with Crippen LogP contribution in [0.2, 0.25) is 0 Å². The topological polar surface area (TPSA) is 52.6 Å². The average molecular weight is 224 g/mol. The molecule has 16 heavy (non-hydrogen) atoms. The van der Waals surface area contributed by atoms with E-state index in [1.165, 1.54) is 7.11 Å². The Balaban J connectivity index is 1.82. The van der Waals surface area contributed by atoms with E-state index in [0.29, 0.717) is 18.3 Å². The number of esters is 2. The summed E-state index contributed by atoms with van der Waals surface area (Å²) in [6, 6.07) is 0. The van der Waals surface area contributed by atoms with Crippen LogP contribution in [-0.4, -0.2) is 24.6 Å². The van der Waals surface area contributed by atoms with Crippen molar-refractivity contribution in [2.45, 2.75) is 37.7 Å². The van der Waals surface area contributed by atoms with Gasteiger partial charge < -0.3 is 9.47 Å². The highest BCUT2D eigenvalue weighted by Crippen LogP contribution is 2.59. The van der Waals surface area contributed by atoms with Gasteiger partial charge in [0.1, 0.15) is 5.60 Å². The summed E-state index contributed by atoms with van der Waals surface area (Å²) in [5.74, 6) is -0.484. The summed E-state index contributed by atoms with van der Waals surface area (Å²) in [4.78, 5) is 23.2. The molecule has 1 unspecified atom stereocenters. The van der Waals surface area contributed by atoms with Crippen molar-refractivity contribution in [3.63, 3.8) is 0 Å². The molecule has 1 heterocycles. The van der Waals surface area contributed by atoms with Crippen molar-refractivity contribution < 1.29 is 19.1 Å². The van der Waals surface area contributed by atoms with Crippen LogP contribution in [0.1, 0.15) is 32.1 Å². The Bertz CT molecular complexity index is 329. The van der Waals surface area contributed by atoms with Gasteiger partial charge in [-0.2, -0.15) is 0 Å². The number of carbonyl (C=O) groups is 2. The molecule has 3 fully saturated rings. The zero-order valence-corrected chi connectivity index (χ0v) is 9.40. The first-order valence-electron chi connectivity index (χ1n) is 5.98. The van der Waals surface area contributed by atoms with E-state index in [1.54, 1.807) is 0 Å². The van der Waals surface area contributed by atoms with Gasteiger partial charge in [0.05, 0.1) is 7.11 Å². The molecule has 0 N–H and O–H groups in total. The van der Waals surface area contributed by atoms with Crippen LogP contribution in [0.3, 0.4) is 0 Å². The van der Waals surface area contributed by atoms with Crippen molar-refractivity contribution in [3.8, 4) is 0 Å². The lowest BCUT2D eigenvalue weighted by Gasteiger charge is -2.27. The molecule has 88 valence electrons. The first-order chi connectivity index (χ1) is 7.67. The highest BCUT2D eigenvalue weighted by atomic mass is 16.6. The van der Waals surface area contributed by atoms with Crippen molar-refractivity contribution in [2.24, 2.45) is 17.8 Å². The lowest BCUT2D eigenvalue weighted by molar-refractivity contribution is -0.159. The summed E-state index contributed by atoms with van der Waals surface area (Å²) in [6.45, 7) is 0. The normalized spacial score (nSPS) is 32.3. The molecule has 0 radical (unpaired) electrons. The largest absolute Gasteiger partial charge is 0.468 e. The number of ether oxygens (including phenoxy) is 2. The van der Waals surface area contributed by atoms with E-state index in [1.807, 2.05) is 0 Å². The predicted molar refractivity (Wildman–Crippen MR) is 54.4 cm³/mol. The monoisotopic (exact) mass is 224 g/mol. The molecule has 1 saturated heterocycles. The molecule has 3 aliphatic rings. The number of carbonyl (C=O) groups excluding carboxylic acids is 2. The minimum absolute atomic E-state index is 0.310. The van der Waals surface area contributed by atoms with Gasteiger partial charge in [-0.15, -0.1) is 0 Å². The Morgan fingerprint density at radius 2 is 1.88 bits per heavy atom. The highest BCUT2D eigenvalue weighted by Gasteiger charge is 2.63. The Hall–Kier alpha value is -1.06. The lowest BCUT2D eigenvalue weighted by atomic mass is 9.85. The van der Waals surface area contributed by atoms with E-state index in [0.717, 1.165) is 25.7 Å². The van der Waals surface area contributed by atoms with Gasteiger partial charge in [0, 0.05) is 6.42 Å². The highest BCUT2D eigenvalue weighted by molar-refractivity contribution is 5.96. The molecule has 0 bridgehead atoms. The van der Waals surface area contributed by atoms with E-state index < -0.39 is 11.9 Å². The fourth-order valence-corrected chi connectivity index (χ4v) is 3.00. The Kier molecular flexibility index (Phi) is 2.03. The van der Waals surface area contributed by atoms with Gasteiger partial charge in [-0.05, 0) is 37.5 Å². The van der Waals surface area contributed by atoms with Crippen LogP contribution in [0.4, 0.5) is 0 Å². The number of rotatable bonds is 3. The Labute approximate surface area is 94.3 Å². The van der Waals surface area contributed by atoms with Gasteiger partial charge in [0.2, 0.25) is 0 Å². The number of methoxy groups -OCH3 is 1. The molecule has 4 heteroatoms. The van der Waals surface area contributed by atoms with E-state index in [9.17, 15) is 9.59 Å². The molecule has 1 atom stereocenters. The molecule has 0 amide bonds. The van der Waals surface area contributed by atoms with Crippen molar-refractivity contribution in [1.29, 1.82) is 0 Å². The minimum atomic E-state index is -0.675. The molecule has 2 saturated carbocycles. The SMILES string of the molecule is COC(=O)C1CC(C2CC2)(C2CC2)OC1=O. The predicted octanol–water partition coefficient (Wildman–Crippen LogP) is 1.28. The summed E-state index contributed by atoms with van der Waals surface area (Å²) >= 11 is 0. The zero-order chi connectivity index (χ0) is 11.3. The Morgan fingerprint density at radius 1 is 1.31 bits per heavy atom. The van der Waals surface area contributed by atoms with E-state index in [2.05, 4.69) is 4.74 Å². The number of cyclic esters (lactones) is 1. The Morgan fingerprint density at radius 3 is 2.31 bits per heavy atom. The molecular weight excluding hydrogens is 208 g/mol. The molecule has 3 rings (SSSR count). The van der Waals surface area contributed by atoms with Crippen molar-refractivity contribution in [1.82, 2.24) is 0 Å². The molecule has 0 aromatic rings. The van der Waals surface area contributed by atoms with Gasteiger partial charge in [0.25, 0.3) is 0 Å². The summed E-state index contributed by atoms with van der Waals surface area (Å²) in [7, 11) is 1.32. The van der Waals surface area contributed by atoms with E-state index in [-0.39, 0.29) is 11.6 Å². The number of hydrogen-bond acceptors (Lipinski definition) is 4. The fraction of sp³-hybridized carbons (Fsp3) is 0.833. The van der Waals surface area contributed by atoms with Gasteiger partial charge in [-0.3, -0.25) is 9.59 Å². The van der Waals surface area contributed by atoms with Gasteiger partial charge in [-0.1, -0.05) is 0 Å². The summed E-state index contributed by atoms with van der Waals surface area (Å²) in [5.41, 5.74) is -0.310. The van der Waals surface area contributed by atoms with Crippen LogP contribution in [0.25, 0.3) is 0 Å². The minimum Gasteiger partial charge on any atom is -0.468 e. The van der Waals surface area contributed by atoms with Crippen LogP contribution in [0, 0.1) is 17.8 Å². The fourth-order valence-electron chi connectivity index (χ4n) is 3.00. The summed E-state index contributed by atoms with van der Waals surface area (Å²) in [6.07, 6.45) is 5.10. The van der Waals surface area contributed by atoms with Crippen molar-refractivity contribution in [2.75, 3.05) is 7.11 Å². The standard InChI is InChI=1S/C12H16O4/c1-15-10(13)9-6-12(7-2-3-7,8-4-5-8)16-11(9)14/h7-9H,2-6H2,1H3. The average Bonchev–Trinajstić information content (AvgIpc) is 3.15. The molecule has 1 aliphatic heterocycles. The third-order valence-electron chi connectivity index (χ3n) is 4.12. The molecular formula is C12H16O4. The van der Waals surface area contributed by atoms with E-state index >= 15 is 0 Å². The van der Waals surface area contributed by atoms with Crippen LogP contribution in [-0.2, 0) is 19.1 Å². The molecule has 0 aromatic heterocycles. The molecule has 0 aromatic carbocycles. The maximum atomic E-state index is 11.7. The zero-order valence-electron chi connectivity index (χ0n) is 9.40. The van der Waals surface area contributed by atoms with Crippen LogP contribution < -0.4 is 0 Å². The molecule has 2 aliphatic carbocycles. The summed E-state index contributed by atoms with van der Waals surface area (Å²) < 4.78 is 10.3. The first kappa shape index (κ1) is 10.1. The van der Waals surface area contributed by atoms with Gasteiger partial charge >= 0.3 is 11.9 Å². The van der Waals surface area contributed by atoms with Crippen LogP contribution in [0.5, 0.6) is 0 Å². The second kappa shape index (κ2) is 3.22. The van der Waals surface area contributed by atoms with Gasteiger partial charge in [-0.25, -0.2) is 0 Å². The maximum Gasteiger partial charge on any atom is 0.321 e. The van der Waals surface area contributed by atoms with Gasteiger partial charge in [0.15, 0.2) is 5.92 Å². The second-order valence-electron chi connectivity index (χ2n) is 5.20. The van der Waals surface area contributed by atoms with Crippen molar-refractivity contribution in [3.05, 3.63) is 0 Å².